The standard InChI is InChI=1S/C24H39N3O2/c1-2-3-4-5-6-7-8-9-10-11-15-25-24(29)26-17-20-16-21(19-26)22-13-12-14-23(28)27(22)18-20/h12-14,20-21H,2-11,15-19H2,1H3,(H,25,29)/t20-,21-/m0/s1. The van der Waals surface area contributed by atoms with Gasteiger partial charge in [-0.1, -0.05) is 70.8 Å². The molecule has 5 heteroatoms. The lowest BCUT2D eigenvalue weighted by Gasteiger charge is -2.42. The molecule has 2 bridgehead atoms. The normalized spacial score (nSPS) is 20.4. The molecule has 2 atom stereocenters. The molecule has 1 fully saturated rings. The van der Waals surface area contributed by atoms with Gasteiger partial charge in [0.2, 0.25) is 0 Å². The number of rotatable bonds is 11. The third-order valence-electron chi connectivity index (χ3n) is 6.57. The second-order valence-corrected chi connectivity index (χ2v) is 9.02. The Morgan fingerprint density at radius 1 is 0.966 bits per heavy atom. The Kier molecular flexibility index (Phi) is 8.63. The first kappa shape index (κ1) is 21.9. The van der Waals surface area contributed by atoms with Crippen LogP contribution in [0.3, 0.4) is 0 Å². The molecule has 0 aromatic carbocycles. The first-order chi connectivity index (χ1) is 14.2. The number of unbranched alkanes of at least 4 members (excludes halogenated alkanes) is 9. The van der Waals surface area contributed by atoms with Crippen molar-refractivity contribution in [2.45, 2.75) is 90.0 Å². The van der Waals surface area contributed by atoms with Crippen LogP contribution < -0.4 is 10.9 Å². The van der Waals surface area contributed by atoms with Crippen molar-refractivity contribution in [2.75, 3.05) is 19.6 Å². The highest BCUT2D eigenvalue weighted by Gasteiger charge is 2.36. The van der Waals surface area contributed by atoms with Crippen LogP contribution in [0.1, 0.15) is 89.2 Å². The fourth-order valence-electron chi connectivity index (χ4n) is 4.98. The van der Waals surface area contributed by atoms with E-state index < -0.39 is 0 Å². The zero-order chi connectivity index (χ0) is 20.5. The number of nitrogens with one attached hydrogen (secondary N) is 1. The van der Waals surface area contributed by atoms with Gasteiger partial charge >= 0.3 is 6.03 Å². The fraction of sp³-hybridized carbons (Fsp3) is 0.750. The Morgan fingerprint density at radius 3 is 2.38 bits per heavy atom. The molecule has 0 saturated carbocycles. The number of nitrogens with zero attached hydrogens (tertiary/aromatic N) is 2. The molecule has 0 unspecified atom stereocenters. The maximum absolute atomic E-state index is 12.6. The van der Waals surface area contributed by atoms with Gasteiger partial charge in [-0.3, -0.25) is 4.79 Å². The van der Waals surface area contributed by atoms with Crippen molar-refractivity contribution in [3.63, 3.8) is 0 Å². The summed E-state index contributed by atoms with van der Waals surface area (Å²) in [5, 5.41) is 3.12. The van der Waals surface area contributed by atoms with Crippen LogP contribution in [0.5, 0.6) is 0 Å². The molecule has 1 aromatic rings. The van der Waals surface area contributed by atoms with Gasteiger partial charge in [-0.25, -0.2) is 4.79 Å². The molecule has 162 valence electrons. The number of aromatic nitrogens is 1. The highest BCUT2D eigenvalue weighted by atomic mass is 16.2. The SMILES string of the molecule is CCCCCCCCCCCCNC(=O)N1C[C@@H]2C[C@@H](C1)c1cccc(=O)n1C2. The monoisotopic (exact) mass is 401 g/mol. The topological polar surface area (TPSA) is 54.3 Å². The number of carbonyl (C=O) groups is 1. The van der Waals surface area contributed by atoms with Crippen LogP contribution in [-0.2, 0) is 6.54 Å². The number of amides is 2. The first-order valence-corrected chi connectivity index (χ1v) is 11.9. The van der Waals surface area contributed by atoms with E-state index in [2.05, 4.69) is 12.2 Å². The average Bonchev–Trinajstić information content (AvgIpc) is 2.72. The van der Waals surface area contributed by atoms with Gasteiger partial charge in [0.05, 0.1) is 0 Å². The van der Waals surface area contributed by atoms with Crippen LogP contribution in [0, 0.1) is 5.92 Å². The van der Waals surface area contributed by atoms with E-state index in [0.717, 1.165) is 44.7 Å². The second-order valence-electron chi connectivity index (χ2n) is 9.02. The predicted molar refractivity (Wildman–Crippen MR) is 118 cm³/mol. The van der Waals surface area contributed by atoms with Crippen molar-refractivity contribution in [2.24, 2.45) is 5.92 Å². The molecule has 0 aliphatic carbocycles. The van der Waals surface area contributed by atoms with E-state index in [1.807, 2.05) is 21.6 Å². The summed E-state index contributed by atoms with van der Waals surface area (Å²) in [7, 11) is 0. The average molecular weight is 402 g/mol. The smallest absolute Gasteiger partial charge is 0.317 e. The number of piperidine rings is 1. The van der Waals surface area contributed by atoms with Crippen molar-refractivity contribution < 1.29 is 4.79 Å². The summed E-state index contributed by atoms with van der Waals surface area (Å²) in [5.74, 6) is 0.684. The van der Waals surface area contributed by atoms with Crippen LogP contribution in [0.4, 0.5) is 4.79 Å². The summed E-state index contributed by atoms with van der Waals surface area (Å²) in [6.07, 6.45) is 14.2. The van der Waals surface area contributed by atoms with E-state index in [-0.39, 0.29) is 11.6 Å². The van der Waals surface area contributed by atoms with E-state index in [1.165, 1.54) is 57.8 Å². The molecule has 2 aliphatic rings. The van der Waals surface area contributed by atoms with Gasteiger partial charge in [0, 0.05) is 43.9 Å². The summed E-state index contributed by atoms with van der Waals surface area (Å²) in [4.78, 5) is 26.7. The summed E-state index contributed by atoms with van der Waals surface area (Å²) < 4.78 is 1.91. The summed E-state index contributed by atoms with van der Waals surface area (Å²) in [5.41, 5.74) is 1.19. The molecule has 1 saturated heterocycles. The Labute approximate surface area is 175 Å². The minimum Gasteiger partial charge on any atom is -0.338 e. The number of carbonyl (C=O) groups excluding carboxylic acids is 1. The second kappa shape index (κ2) is 11.4. The van der Waals surface area contributed by atoms with Gasteiger partial charge in [-0.15, -0.1) is 0 Å². The van der Waals surface area contributed by atoms with E-state index in [9.17, 15) is 9.59 Å². The zero-order valence-corrected chi connectivity index (χ0v) is 18.2. The Hall–Kier alpha value is -1.78. The molecule has 1 N–H and O–H groups in total. The lowest BCUT2D eigenvalue weighted by molar-refractivity contribution is 0.131. The molecule has 0 radical (unpaired) electrons. The van der Waals surface area contributed by atoms with Crippen molar-refractivity contribution in [1.29, 1.82) is 0 Å². The molecule has 2 amide bonds. The Morgan fingerprint density at radius 2 is 1.66 bits per heavy atom. The first-order valence-electron chi connectivity index (χ1n) is 11.9. The van der Waals surface area contributed by atoms with E-state index in [4.69, 9.17) is 0 Å². The Bertz CT molecular complexity index is 700. The molecule has 5 nitrogen and oxygen atoms in total. The summed E-state index contributed by atoms with van der Waals surface area (Å²) in [6.45, 7) is 5.27. The van der Waals surface area contributed by atoms with Gasteiger partial charge in [0.25, 0.3) is 5.56 Å². The molecule has 29 heavy (non-hydrogen) atoms. The van der Waals surface area contributed by atoms with Crippen molar-refractivity contribution in [3.8, 4) is 0 Å². The largest absolute Gasteiger partial charge is 0.338 e. The minimum absolute atomic E-state index is 0.0716. The van der Waals surface area contributed by atoms with E-state index in [1.54, 1.807) is 6.07 Å². The molecular formula is C24H39N3O2. The van der Waals surface area contributed by atoms with Crippen molar-refractivity contribution in [1.82, 2.24) is 14.8 Å². The quantitative estimate of drug-likeness (QED) is 0.536. The number of urea groups is 1. The van der Waals surface area contributed by atoms with Crippen LogP contribution >= 0.6 is 0 Å². The molecule has 3 rings (SSSR count). The molecule has 1 aromatic heterocycles. The third-order valence-corrected chi connectivity index (χ3v) is 6.57. The van der Waals surface area contributed by atoms with Crippen LogP contribution in [0.25, 0.3) is 0 Å². The fourth-order valence-corrected chi connectivity index (χ4v) is 4.98. The summed E-state index contributed by atoms with van der Waals surface area (Å²) >= 11 is 0. The predicted octanol–water partition coefficient (Wildman–Crippen LogP) is 4.90. The van der Waals surface area contributed by atoms with Crippen LogP contribution in [0.2, 0.25) is 0 Å². The zero-order valence-electron chi connectivity index (χ0n) is 18.2. The Balaban J connectivity index is 1.30. The molecular weight excluding hydrogens is 362 g/mol. The van der Waals surface area contributed by atoms with Gasteiger partial charge in [-0.05, 0) is 24.8 Å². The molecule has 0 spiro atoms. The molecule has 3 heterocycles. The van der Waals surface area contributed by atoms with Crippen LogP contribution in [0.15, 0.2) is 23.0 Å². The number of fused-ring (bicyclic) bond motifs is 4. The lowest BCUT2D eigenvalue weighted by atomic mass is 9.83. The maximum Gasteiger partial charge on any atom is 0.317 e. The van der Waals surface area contributed by atoms with Gasteiger partial charge in [0.15, 0.2) is 0 Å². The number of pyridine rings is 1. The minimum atomic E-state index is 0.0716. The van der Waals surface area contributed by atoms with Gasteiger partial charge in [0.1, 0.15) is 0 Å². The van der Waals surface area contributed by atoms with Crippen molar-refractivity contribution in [3.05, 3.63) is 34.2 Å². The van der Waals surface area contributed by atoms with Crippen molar-refractivity contribution >= 4 is 6.03 Å². The van der Waals surface area contributed by atoms with Crippen LogP contribution in [-0.4, -0.2) is 35.1 Å². The van der Waals surface area contributed by atoms with Gasteiger partial charge < -0.3 is 14.8 Å². The lowest BCUT2D eigenvalue weighted by Crippen LogP contribution is -2.52. The van der Waals surface area contributed by atoms with E-state index in [0.29, 0.717) is 11.8 Å². The number of likely N-dealkylation sites (tertiary alicyclic amines) is 1. The summed E-state index contributed by atoms with van der Waals surface area (Å²) in [6, 6.07) is 5.61. The molecule has 2 aliphatic heterocycles. The third kappa shape index (κ3) is 6.35. The van der Waals surface area contributed by atoms with Gasteiger partial charge in [-0.2, -0.15) is 0 Å². The number of hydrogen-bond donors (Lipinski definition) is 1. The highest BCUT2D eigenvalue weighted by Crippen LogP contribution is 2.34. The van der Waals surface area contributed by atoms with E-state index >= 15 is 0 Å². The maximum atomic E-state index is 12.6. The highest BCUT2D eigenvalue weighted by molar-refractivity contribution is 5.74. The number of hydrogen-bond acceptors (Lipinski definition) is 2.